The summed E-state index contributed by atoms with van der Waals surface area (Å²) in [5.41, 5.74) is 5.40. The van der Waals surface area contributed by atoms with Crippen LogP contribution in [0.1, 0.15) is 76.1 Å². The largest absolute Gasteiger partial charge is 0.508 e. The predicted molar refractivity (Wildman–Crippen MR) is 150 cm³/mol. The van der Waals surface area contributed by atoms with E-state index in [1.807, 2.05) is 6.92 Å². The Bertz CT molecular complexity index is 1100. The van der Waals surface area contributed by atoms with Crippen molar-refractivity contribution in [2.24, 2.45) is 11.7 Å². The molecule has 1 fully saturated rings. The minimum atomic E-state index is -1.18. The van der Waals surface area contributed by atoms with Crippen LogP contribution in [0, 0.1) is 5.92 Å². The lowest BCUT2D eigenvalue weighted by Crippen LogP contribution is -2.58. The molecule has 13 nitrogen and oxygen atoms in total. The van der Waals surface area contributed by atoms with Gasteiger partial charge in [0, 0.05) is 6.54 Å². The van der Waals surface area contributed by atoms with Crippen LogP contribution in [0.4, 0.5) is 0 Å². The van der Waals surface area contributed by atoms with Gasteiger partial charge in [-0.25, -0.2) is 4.79 Å². The molecule has 41 heavy (non-hydrogen) atoms. The Morgan fingerprint density at radius 1 is 1.02 bits per heavy atom. The van der Waals surface area contributed by atoms with E-state index in [2.05, 4.69) is 16.0 Å². The summed E-state index contributed by atoms with van der Waals surface area (Å²) in [5, 5.41) is 37.0. The van der Waals surface area contributed by atoms with Gasteiger partial charge in [-0.2, -0.15) is 0 Å². The summed E-state index contributed by atoms with van der Waals surface area (Å²) in [6.07, 6.45) is 2.92. The quantitative estimate of drug-likeness (QED) is 0.116. The van der Waals surface area contributed by atoms with Crippen LogP contribution in [0.5, 0.6) is 11.5 Å². The summed E-state index contributed by atoms with van der Waals surface area (Å²) >= 11 is 0. The molecule has 1 aromatic rings. The first kappa shape index (κ1) is 33.3. The molecule has 1 aliphatic rings. The molecule has 228 valence electrons. The second-order valence-electron chi connectivity index (χ2n) is 10.4. The summed E-state index contributed by atoms with van der Waals surface area (Å²) in [7, 11) is 0. The molecule has 1 unspecified atom stereocenters. The number of carbonyl (C=O) groups excluding carboxylic acids is 4. The van der Waals surface area contributed by atoms with Crippen LogP contribution in [-0.4, -0.2) is 87.1 Å². The molecular weight excluding hydrogens is 534 g/mol. The summed E-state index contributed by atoms with van der Waals surface area (Å²) in [4.78, 5) is 65.8. The van der Waals surface area contributed by atoms with Crippen molar-refractivity contribution in [3.8, 4) is 11.5 Å². The van der Waals surface area contributed by atoms with E-state index in [0.29, 0.717) is 38.6 Å². The molecule has 4 amide bonds. The number of aliphatic carboxylic acids is 1. The van der Waals surface area contributed by atoms with Crippen LogP contribution in [0.2, 0.25) is 0 Å². The first-order valence-corrected chi connectivity index (χ1v) is 14.1. The maximum atomic E-state index is 13.7. The van der Waals surface area contributed by atoms with Crippen LogP contribution < -0.4 is 21.7 Å². The van der Waals surface area contributed by atoms with E-state index in [-0.39, 0.29) is 42.4 Å². The molecule has 1 saturated heterocycles. The Morgan fingerprint density at radius 3 is 2.34 bits per heavy atom. The third-order valence-corrected chi connectivity index (χ3v) is 7.43. The number of hydrogen-bond donors (Lipinski definition) is 7. The van der Waals surface area contributed by atoms with E-state index in [9.17, 15) is 39.3 Å². The van der Waals surface area contributed by atoms with Gasteiger partial charge in [-0.15, -0.1) is 0 Å². The van der Waals surface area contributed by atoms with Crippen LogP contribution in [0.25, 0.3) is 0 Å². The van der Waals surface area contributed by atoms with E-state index >= 15 is 0 Å². The highest BCUT2D eigenvalue weighted by Crippen LogP contribution is 2.24. The molecule has 8 N–H and O–H groups in total. The fourth-order valence-electron chi connectivity index (χ4n) is 4.75. The number of benzene rings is 1. The molecular formula is C28H43N5O8. The number of amides is 4. The lowest BCUT2D eigenvalue weighted by Gasteiger charge is -2.31. The van der Waals surface area contributed by atoms with Gasteiger partial charge in [-0.3, -0.25) is 19.2 Å². The number of likely N-dealkylation sites (tertiary alicyclic amines) is 1. The third kappa shape index (κ3) is 9.07. The Kier molecular flexibility index (Phi) is 12.8. The average Bonchev–Trinajstić information content (AvgIpc) is 3.44. The molecule has 2 rings (SSSR count). The smallest absolute Gasteiger partial charge is 0.326 e. The van der Waals surface area contributed by atoms with Crippen molar-refractivity contribution >= 4 is 29.6 Å². The third-order valence-electron chi connectivity index (χ3n) is 7.43. The Morgan fingerprint density at radius 2 is 1.73 bits per heavy atom. The van der Waals surface area contributed by atoms with E-state index in [0.717, 1.165) is 6.07 Å². The molecule has 13 heteroatoms. The number of carboxylic acids is 1. The van der Waals surface area contributed by atoms with Gasteiger partial charge in [0.1, 0.15) is 35.7 Å². The number of nitrogens with two attached hydrogens (primary N) is 1. The molecule has 1 heterocycles. The number of nitrogens with one attached hydrogen (secondary N) is 3. The van der Waals surface area contributed by atoms with Crippen LogP contribution in [0.3, 0.4) is 0 Å². The molecule has 0 spiro atoms. The molecule has 5 atom stereocenters. The van der Waals surface area contributed by atoms with Gasteiger partial charge in [0.2, 0.25) is 17.7 Å². The first-order chi connectivity index (χ1) is 19.4. The van der Waals surface area contributed by atoms with Gasteiger partial charge in [-0.05, 0) is 69.2 Å². The number of nitrogens with zero attached hydrogens (tertiary/aromatic N) is 1. The van der Waals surface area contributed by atoms with Gasteiger partial charge in [0.25, 0.3) is 5.91 Å². The van der Waals surface area contributed by atoms with Crippen molar-refractivity contribution in [3.63, 3.8) is 0 Å². The van der Waals surface area contributed by atoms with Crippen LogP contribution >= 0.6 is 0 Å². The lowest BCUT2D eigenvalue weighted by molar-refractivity contribution is -0.143. The van der Waals surface area contributed by atoms with Crippen LogP contribution in [-0.2, 0) is 19.2 Å². The Labute approximate surface area is 239 Å². The van der Waals surface area contributed by atoms with Crippen molar-refractivity contribution in [3.05, 3.63) is 23.8 Å². The first-order valence-electron chi connectivity index (χ1n) is 14.1. The fraction of sp³-hybridized carbons (Fsp3) is 0.607. The maximum Gasteiger partial charge on any atom is 0.326 e. The van der Waals surface area contributed by atoms with E-state index in [4.69, 9.17) is 5.73 Å². The van der Waals surface area contributed by atoms with Crippen molar-refractivity contribution in [1.29, 1.82) is 0 Å². The zero-order valence-corrected chi connectivity index (χ0v) is 23.9. The van der Waals surface area contributed by atoms with E-state index in [1.54, 1.807) is 13.8 Å². The normalized spacial score (nSPS) is 17.7. The number of phenols is 2. The second kappa shape index (κ2) is 15.8. The summed E-state index contributed by atoms with van der Waals surface area (Å²) < 4.78 is 0. The average molecular weight is 578 g/mol. The lowest BCUT2D eigenvalue weighted by atomic mass is 9.97. The minimum Gasteiger partial charge on any atom is -0.508 e. The monoisotopic (exact) mass is 577 g/mol. The highest BCUT2D eigenvalue weighted by atomic mass is 16.4. The fourth-order valence-corrected chi connectivity index (χ4v) is 4.75. The van der Waals surface area contributed by atoms with E-state index in [1.165, 1.54) is 17.0 Å². The Hall–Kier alpha value is -3.87. The van der Waals surface area contributed by atoms with Gasteiger partial charge in [0.05, 0.1) is 5.56 Å². The predicted octanol–water partition coefficient (Wildman–Crippen LogP) is 0.827. The summed E-state index contributed by atoms with van der Waals surface area (Å²) in [5.74, 6) is -4.50. The summed E-state index contributed by atoms with van der Waals surface area (Å²) in [6, 6.07) is -0.553. The molecule has 0 aliphatic carbocycles. The minimum absolute atomic E-state index is 0.171. The number of aromatic hydroxyl groups is 2. The van der Waals surface area contributed by atoms with E-state index < -0.39 is 53.8 Å². The molecule has 1 aromatic carbocycles. The van der Waals surface area contributed by atoms with Gasteiger partial charge >= 0.3 is 5.97 Å². The molecule has 0 radical (unpaired) electrons. The number of unbranched alkanes of at least 4 members (excludes halogenated alkanes) is 1. The highest BCUT2D eigenvalue weighted by molar-refractivity contribution is 6.01. The standard InChI is InChI=1S/C28H43N5O8/c1-4-16(3)23(26(38)30-19(5-2)28(40)41)32-25(37)21-10-8-14-33(21)27(39)20(9-6-7-13-29)31-24(36)18-15-17(34)11-12-22(18)35/h11-12,15-16,19-21,23,34-35H,4-10,13-14,29H2,1-3H3,(H,30,38)(H,31,36)(H,32,37)(H,40,41)/t16-,19?,20-,21-,23-/m0/s1. The van der Waals surface area contributed by atoms with Crippen molar-refractivity contribution < 1.29 is 39.3 Å². The summed E-state index contributed by atoms with van der Waals surface area (Å²) in [6.45, 7) is 5.88. The SMILES string of the molecule is CCC(NC(=O)[C@@H](NC(=O)[C@@H]1CCCN1C(=O)[C@H](CCCCN)NC(=O)c1cc(O)ccc1O)[C@@H](C)CC)C(=O)O. The van der Waals surface area contributed by atoms with Gasteiger partial charge < -0.3 is 41.9 Å². The number of phenolic OH excluding ortho intramolecular Hbond substituents is 2. The van der Waals surface area contributed by atoms with Crippen molar-refractivity contribution in [2.45, 2.75) is 89.9 Å². The second-order valence-corrected chi connectivity index (χ2v) is 10.4. The molecule has 0 saturated carbocycles. The van der Waals surface area contributed by atoms with Gasteiger partial charge in [-0.1, -0.05) is 27.2 Å². The number of rotatable bonds is 15. The molecule has 1 aliphatic heterocycles. The number of carbonyl (C=O) groups is 5. The zero-order valence-electron chi connectivity index (χ0n) is 23.9. The van der Waals surface area contributed by atoms with Crippen molar-refractivity contribution in [1.82, 2.24) is 20.9 Å². The topological polar surface area (TPSA) is 211 Å². The number of carboxylic acid groups (broad SMARTS) is 1. The van der Waals surface area contributed by atoms with Gasteiger partial charge in [0.15, 0.2) is 0 Å². The maximum absolute atomic E-state index is 13.7. The highest BCUT2D eigenvalue weighted by Gasteiger charge is 2.40. The zero-order chi connectivity index (χ0) is 30.7. The molecule has 0 bridgehead atoms. The van der Waals surface area contributed by atoms with Crippen molar-refractivity contribution in [2.75, 3.05) is 13.1 Å². The molecule has 0 aromatic heterocycles. The Balaban J connectivity index is 2.23. The van der Waals surface area contributed by atoms with Crippen LogP contribution in [0.15, 0.2) is 18.2 Å². The number of hydrogen-bond acceptors (Lipinski definition) is 8.